The minimum Gasteiger partial charge on any atom is -0.279 e. The van der Waals surface area contributed by atoms with Gasteiger partial charge in [0.05, 0.1) is 17.5 Å². The lowest BCUT2D eigenvalue weighted by molar-refractivity contribution is -0.125. The fourth-order valence-electron chi connectivity index (χ4n) is 3.92. The van der Waals surface area contributed by atoms with Crippen LogP contribution in [-0.2, 0) is 11.2 Å². The van der Waals surface area contributed by atoms with Crippen molar-refractivity contribution in [3.8, 4) is 0 Å². The van der Waals surface area contributed by atoms with Crippen LogP contribution < -0.4 is 0 Å². The second-order valence-electron chi connectivity index (χ2n) is 6.40. The molecule has 0 bridgehead atoms. The van der Waals surface area contributed by atoms with E-state index in [9.17, 15) is 4.79 Å². The Morgan fingerprint density at radius 2 is 1.88 bits per heavy atom. The van der Waals surface area contributed by atoms with Gasteiger partial charge in [0.25, 0.3) is 0 Å². The average molecular weight is 367 g/mol. The van der Waals surface area contributed by atoms with Crippen molar-refractivity contribution in [1.82, 2.24) is 4.90 Å². The van der Waals surface area contributed by atoms with E-state index in [1.54, 1.807) is 0 Å². The number of carbonyl (C=O) groups is 1. The molecule has 1 aliphatic carbocycles. The van der Waals surface area contributed by atoms with Crippen molar-refractivity contribution in [3.05, 3.63) is 75.8 Å². The number of amidine groups is 1. The van der Waals surface area contributed by atoms with Gasteiger partial charge in [-0.1, -0.05) is 65.8 Å². The smallest absolute Gasteiger partial charge is 0.239 e. The second kappa shape index (κ2) is 5.75. The molecular formula is C20H15ClN2OS. The van der Waals surface area contributed by atoms with Crippen LogP contribution in [0.3, 0.4) is 0 Å². The lowest BCUT2D eigenvalue weighted by Crippen LogP contribution is -2.38. The number of aryl methyl sites for hydroxylation is 1. The molecule has 3 aliphatic rings. The SMILES string of the molecule is O=C1CSC2=NC3=C(CCc4ccccc43)C(c3ccccc3Cl)N12. The maximum Gasteiger partial charge on any atom is 0.239 e. The van der Waals surface area contributed by atoms with Gasteiger partial charge in [-0.15, -0.1) is 0 Å². The molecule has 2 aromatic carbocycles. The van der Waals surface area contributed by atoms with Gasteiger partial charge in [0.2, 0.25) is 5.91 Å². The minimum atomic E-state index is -0.146. The predicted octanol–water partition coefficient (Wildman–Crippen LogP) is 4.68. The summed E-state index contributed by atoms with van der Waals surface area (Å²) < 4.78 is 0. The normalized spacial score (nSPS) is 21.6. The van der Waals surface area contributed by atoms with Crippen LogP contribution in [0, 0.1) is 0 Å². The molecule has 2 aromatic rings. The lowest BCUT2D eigenvalue weighted by atomic mass is 9.82. The zero-order valence-electron chi connectivity index (χ0n) is 13.4. The first kappa shape index (κ1) is 15.2. The van der Waals surface area contributed by atoms with Crippen LogP contribution in [0.1, 0.15) is 29.2 Å². The molecule has 0 aromatic heterocycles. The maximum atomic E-state index is 12.6. The van der Waals surface area contributed by atoms with Gasteiger partial charge in [0, 0.05) is 10.6 Å². The highest BCUT2D eigenvalue weighted by Gasteiger charge is 2.42. The van der Waals surface area contributed by atoms with E-state index in [1.165, 1.54) is 28.5 Å². The first-order valence-electron chi connectivity index (χ1n) is 8.33. The number of rotatable bonds is 1. The topological polar surface area (TPSA) is 32.7 Å². The molecule has 1 amide bonds. The van der Waals surface area contributed by atoms with Gasteiger partial charge in [0.15, 0.2) is 5.17 Å². The molecule has 5 heteroatoms. The first-order valence-corrected chi connectivity index (χ1v) is 9.69. The zero-order valence-corrected chi connectivity index (χ0v) is 15.0. The Morgan fingerprint density at radius 3 is 2.76 bits per heavy atom. The monoisotopic (exact) mass is 366 g/mol. The molecular weight excluding hydrogens is 352 g/mol. The van der Waals surface area contributed by atoms with E-state index >= 15 is 0 Å². The fraction of sp³-hybridized carbons (Fsp3) is 0.200. The van der Waals surface area contributed by atoms with Gasteiger partial charge in [-0.2, -0.15) is 0 Å². The van der Waals surface area contributed by atoms with E-state index in [1.807, 2.05) is 29.2 Å². The summed E-state index contributed by atoms with van der Waals surface area (Å²) in [5.41, 5.74) is 5.73. The van der Waals surface area contributed by atoms with Crippen molar-refractivity contribution in [2.75, 3.05) is 5.75 Å². The molecule has 124 valence electrons. The summed E-state index contributed by atoms with van der Waals surface area (Å²) in [6.07, 6.45) is 1.86. The number of fused-ring (bicyclic) bond motifs is 3. The Bertz CT molecular complexity index is 966. The Hall–Kier alpha value is -2.04. The number of thioether (sulfide) groups is 1. The number of aliphatic imine (C=N–C) groups is 1. The summed E-state index contributed by atoms with van der Waals surface area (Å²) in [5.74, 6) is 0.557. The van der Waals surface area contributed by atoms with Crippen molar-refractivity contribution in [2.24, 2.45) is 4.99 Å². The van der Waals surface area contributed by atoms with Crippen molar-refractivity contribution in [3.63, 3.8) is 0 Å². The average Bonchev–Trinajstić information content (AvgIpc) is 3.01. The maximum absolute atomic E-state index is 12.6. The van der Waals surface area contributed by atoms with Crippen molar-refractivity contribution >= 4 is 40.1 Å². The summed E-state index contributed by atoms with van der Waals surface area (Å²) in [5, 5.41) is 1.49. The number of benzene rings is 2. The predicted molar refractivity (Wildman–Crippen MR) is 103 cm³/mol. The van der Waals surface area contributed by atoms with Crippen molar-refractivity contribution in [2.45, 2.75) is 18.9 Å². The van der Waals surface area contributed by atoms with Crippen molar-refractivity contribution < 1.29 is 4.79 Å². The van der Waals surface area contributed by atoms with Gasteiger partial charge >= 0.3 is 0 Å². The van der Waals surface area contributed by atoms with Crippen LogP contribution in [-0.4, -0.2) is 21.7 Å². The molecule has 0 saturated carbocycles. The number of hydrogen-bond acceptors (Lipinski definition) is 3. The molecule has 1 unspecified atom stereocenters. The standard InChI is InChI=1S/C20H15ClN2OS/c21-16-8-4-3-7-14(16)19-15-10-9-12-5-1-2-6-13(12)18(15)22-20-23(19)17(24)11-25-20/h1-8,19H,9-11H2. The molecule has 1 fully saturated rings. The Labute approximate surface area is 155 Å². The van der Waals surface area contributed by atoms with Crippen LogP contribution in [0.15, 0.2) is 59.1 Å². The lowest BCUT2D eigenvalue weighted by Gasteiger charge is -2.37. The Balaban J connectivity index is 1.76. The summed E-state index contributed by atoms with van der Waals surface area (Å²) in [6, 6.07) is 16.1. The Kier molecular flexibility index (Phi) is 3.50. The number of amides is 1. The Morgan fingerprint density at radius 1 is 1.08 bits per heavy atom. The summed E-state index contributed by atoms with van der Waals surface area (Å²) >= 11 is 8.04. The van der Waals surface area contributed by atoms with Gasteiger partial charge in [0.1, 0.15) is 0 Å². The van der Waals surface area contributed by atoms with E-state index in [0.717, 1.165) is 29.3 Å². The quantitative estimate of drug-likeness (QED) is 0.733. The minimum absolute atomic E-state index is 0.110. The third-order valence-electron chi connectivity index (χ3n) is 5.04. The largest absolute Gasteiger partial charge is 0.279 e. The third-order valence-corrected chi connectivity index (χ3v) is 6.32. The molecule has 2 heterocycles. The van der Waals surface area contributed by atoms with Crippen LogP contribution in [0.2, 0.25) is 5.02 Å². The second-order valence-corrected chi connectivity index (χ2v) is 7.75. The molecule has 0 spiro atoms. The highest BCUT2D eigenvalue weighted by Crippen LogP contribution is 2.48. The third kappa shape index (κ3) is 2.28. The highest BCUT2D eigenvalue weighted by atomic mass is 35.5. The van der Waals surface area contributed by atoms with Gasteiger partial charge < -0.3 is 0 Å². The van der Waals surface area contributed by atoms with Crippen LogP contribution >= 0.6 is 23.4 Å². The van der Waals surface area contributed by atoms with Crippen LogP contribution in [0.25, 0.3) is 5.70 Å². The number of hydrogen-bond donors (Lipinski definition) is 0. The number of nitrogens with zero attached hydrogens (tertiary/aromatic N) is 2. The molecule has 3 nitrogen and oxygen atoms in total. The van der Waals surface area contributed by atoms with Gasteiger partial charge in [-0.05, 0) is 35.6 Å². The summed E-state index contributed by atoms with van der Waals surface area (Å²) in [6.45, 7) is 0. The molecule has 2 aliphatic heterocycles. The van der Waals surface area contributed by atoms with Crippen molar-refractivity contribution in [1.29, 1.82) is 0 Å². The van der Waals surface area contributed by atoms with Crippen LogP contribution in [0.5, 0.6) is 0 Å². The fourth-order valence-corrected chi connectivity index (χ4v) is 5.05. The highest BCUT2D eigenvalue weighted by molar-refractivity contribution is 8.15. The van der Waals surface area contributed by atoms with Gasteiger partial charge in [-0.3, -0.25) is 9.69 Å². The molecule has 1 atom stereocenters. The van der Waals surface area contributed by atoms with Crippen LogP contribution in [0.4, 0.5) is 0 Å². The number of carbonyl (C=O) groups excluding carboxylic acids is 1. The van der Waals surface area contributed by atoms with E-state index in [4.69, 9.17) is 16.6 Å². The first-order chi connectivity index (χ1) is 12.2. The number of halogens is 1. The molecule has 25 heavy (non-hydrogen) atoms. The van der Waals surface area contributed by atoms with E-state index in [2.05, 4.69) is 24.3 Å². The molecule has 0 N–H and O–H groups in total. The van der Waals surface area contributed by atoms with Gasteiger partial charge in [-0.25, -0.2) is 4.99 Å². The van der Waals surface area contributed by atoms with E-state index < -0.39 is 0 Å². The molecule has 1 saturated heterocycles. The van der Waals surface area contributed by atoms with E-state index in [-0.39, 0.29) is 11.9 Å². The zero-order chi connectivity index (χ0) is 17.0. The molecule has 5 rings (SSSR count). The molecule has 0 radical (unpaired) electrons. The van der Waals surface area contributed by atoms with E-state index in [0.29, 0.717) is 10.8 Å². The summed E-state index contributed by atoms with van der Waals surface area (Å²) in [4.78, 5) is 19.3. The summed E-state index contributed by atoms with van der Waals surface area (Å²) in [7, 11) is 0.